The van der Waals surface area contributed by atoms with Crippen LogP contribution in [-0.4, -0.2) is 22.1 Å². The van der Waals surface area contributed by atoms with Gasteiger partial charge < -0.3 is 4.74 Å². The number of aromatic nitrogens is 1. The van der Waals surface area contributed by atoms with E-state index < -0.39 is 10.9 Å². The molecule has 8 nitrogen and oxygen atoms in total. The highest BCUT2D eigenvalue weighted by molar-refractivity contribution is 7.15. The van der Waals surface area contributed by atoms with Crippen LogP contribution in [0.15, 0.2) is 84.0 Å². The number of rotatable bonds is 7. The van der Waals surface area contributed by atoms with E-state index in [9.17, 15) is 14.9 Å². The normalized spacial score (nSPS) is 10.8. The zero-order valence-electron chi connectivity index (χ0n) is 17.5. The second-order valence-electron chi connectivity index (χ2n) is 6.93. The highest BCUT2D eigenvalue weighted by Crippen LogP contribution is 2.30. The summed E-state index contributed by atoms with van der Waals surface area (Å²) in [6, 6.07) is 22.1. The van der Waals surface area contributed by atoms with Gasteiger partial charge in [0.1, 0.15) is 5.75 Å². The fraction of sp³-hybridized carbons (Fsp3) is 0.0417. The smallest absolute Gasteiger partial charge is 0.343 e. The minimum absolute atomic E-state index is 0.104. The predicted octanol–water partition coefficient (Wildman–Crippen LogP) is 5.69. The van der Waals surface area contributed by atoms with Crippen molar-refractivity contribution in [1.29, 1.82) is 0 Å². The lowest BCUT2D eigenvalue weighted by molar-refractivity contribution is -0.384. The molecule has 0 unspecified atom stereocenters. The zero-order valence-corrected chi connectivity index (χ0v) is 18.3. The second-order valence-corrected chi connectivity index (χ2v) is 8.13. The topological polar surface area (TPSA) is 107 Å². The summed E-state index contributed by atoms with van der Waals surface area (Å²) in [6.45, 7) is 2.02. The fourth-order valence-corrected chi connectivity index (χ4v) is 3.79. The molecule has 0 spiro atoms. The van der Waals surface area contributed by atoms with E-state index in [1.54, 1.807) is 30.5 Å². The van der Waals surface area contributed by atoms with Crippen LogP contribution < -0.4 is 10.2 Å². The van der Waals surface area contributed by atoms with E-state index in [1.165, 1.54) is 35.6 Å². The summed E-state index contributed by atoms with van der Waals surface area (Å²) < 4.78 is 5.29. The van der Waals surface area contributed by atoms with Crippen LogP contribution in [0.4, 0.5) is 10.8 Å². The van der Waals surface area contributed by atoms with Gasteiger partial charge in [0, 0.05) is 22.6 Å². The van der Waals surface area contributed by atoms with Gasteiger partial charge in [-0.1, -0.05) is 36.4 Å². The third-order valence-corrected chi connectivity index (χ3v) is 5.48. The van der Waals surface area contributed by atoms with E-state index in [0.717, 1.165) is 21.7 Å². The molecular formula is C24H18N4O4S. The Kier molecular flexibility index (Phi) is 6.51. The van der Waals surface area contributed by atoms with E-state index in [-0.39, 0.29) is 11.3 Å². The number of benzene rings is 3. The van der Waals surface area contributed by atoms with Crippen molar-refractivity contribution in [2.45, 2.75) is 6.92 Å². The molecule has 164 valence electrons. The number of nitro benzene ring substituents is 1. The Balaban J connectivity index is 1.37. The summed E-state index contributed by atoms with van der Waals surface area (Å²) in [5, 5.41) is 15.8. The summed E-state index contributed by atoms with van der Waals surface area (Å²) >= 11 is 1.52. The van der Waals surface area contributed by atoms with E-state index in [1.807, 2.05) is 37.3 Å². The van der Waals surface area contributed by atoms with Crippen LogP contribution in [0.2, 0.25) is 0 Å². The van der Waals surface area contributed by atoms with Gasteiger partial charge in [0.25, 0.3) is 5.69 Å². The average molecular weight is 458 g/mol. The molecule has 0 saturated carbocycles. The molecule has 1 N–H and O–H groups in total. The van der Waals surface area contributed by atoms with E-state index in [0.29, 0.717) is 10.9 Å². The van der Waals surface area contributed by atoms with Gasteiger partial charge in [-0.3, -0.25) is 15.5 Å². The van der Waals surface area contributed by atoms with Crippen LogP contribution >= 0.6 is 11.3 Å². The minimum atomic E-state index is -0.671. The SMILES string of the molecule is Cc1sc(N/N=C\c2ccc(OC(=O)c3cccc([N+](=O)[O-])c3)cc2)nc1-c1ccccc1. The summed E-state index contributed by atoms with van der Waals surface area (Å²) in [5.41, 5.74) is 5.64. The molecule has 1 aromatic heterocycles. The number of hydrogen-bond donors (Lipinski definition) is 1. The van der Waals surface area contributed by atoms with Crippen LogP contribution in [0.5, 0.6) is 5.75 Å². The van der Waals surface area contributed by atoms with Crippen LogP contribution in [-0.2, 0) is 0 Å². The first-order chi connectivity index (χ1) is 16.0. The number of thiazole rings is 1. The number of esters is 1. The Bertz CT molecular complexity index is 1320. The van der Waals surface area contributed by atoms with Gasteiger partial charge in [-0.05, 0) is 42.8 Å². The largest absolute Gasteiger partial charge is 0.423 e. The lowest BCUT2D eigenvalue weighted by atomic mass is 10.1. The first-order valence-electron chi connectivity index (χ1n) is 9.88. The third kappa shape index (κ3) is 5.46. The maximum Gasteiger partial charge on any atom is 0.343 e. The molecule has 0 aliphatic rings. The Morgan fingerprint density at radius 1 is 1.09 bits per heavy atom. The lowest BCUT2D eigenvalue weighted by Crippen LogP contribution is -2.08. The standard InChI is InChI=1S/C24H18N4O4S/c1-16-22(18-6-3-2-4-7-18)26-24(33-16)27-25-15-17-10-12-21(13-11-17)32-23(29)19-8-5-9-20(14-19)28(30)31/h2-15H,1H3,(H,26,27)/b25-15-. The van der Waals surface area contributed by atoms with Crippen molar-refractivity contribution in [2.75, 3.05) is 5.43 Å². The van der Waals surface area contributed by atoms with Crippen molar-refractivity contribution >= 4 is 34.3 Å². The van der Waals surface area contributed by atoms with Gasteiger partial charge in [0.15, 0.2) is 0 Å². The summed E-state index contributed by atoms with van der Waals surface area (Å²) in [6.07, 6.45) is 1.63. The number of nitrogens with one attached hydrogen (secondary N) is 1. The van der Waals surface area contributed by atoms with Gasteiger partial charge in [-0.15, -0.1) is 11.3 Å². The molecule has 0 radical (unpaired) electrons. The van der Waals surface area contributed by atoms with Crippen molar-refractivity contribution in [1.82, 2.24) is 4.98 Å². The molecule has 0 saturated heterocycles. The van der Waals surface area contributed by atoms with Crippen molar-refractivity contribution < 1.29 is 14.5 Å². The van der Waals surface area contributed by atoms with Crippen molar-refractivity contribution in [2.24, 2.45) is 5.10 Å². The highest BCUT2D eigenvalue weighted by atomic mass is 32.1. The average Bonchev–Trinajstić information content (AvgIpc) is 3.21. The van der Waals surface area contributed by atoms with Crippen molar-refractivity contribution in [3.8, 4) is 17.0 Å². The molecule has 0 fully saturated rings. The van der Waals surface area contributed by atoms with E-state index >= 15 is 0 Å². The number of nitrogens with zero attached hydrogens (tertiary/aromatic N) is 3. The van der Waals surface area contributed by atoms with E-state index in [4.69, 9.17) is 4.74 Å². The number of non-ortho nitro benzene ring substituents is 1. The lowest BCUT2D eigenvalue weighted by Gasteiger charge is -2.04. The first kappa shape index (κ1) is 21.8. The molecule has 1 heterocycles. The number of carbonyl (C=O) groups is 1. The Labute approximate surface area is 193 Å². The Morgan fingerprint density at radius 3 is 2.58 bits per heavy atom. The van der Waals surface area contributed by atoms with E-state index in [2.05, 4.69) is 15.5 Å². The van der Waals surface area contributed by atoms with Gasteiger partial charge in [0.05, 0.1) is 22.4 Å². The summed E-state index contributed by atoms with van der Waals surface area (Å²) in [5.74, 6) is -0.352. The molecule has 0 aliphatic carbocycles. The number of hydrazone groups is 1. The monoisotopic (exact) mass is 458 g/mol. The molecule has 0 atom stereocenters. The second kappa shape index (κ2) is 9.84. The first-order valence-corrected chi connectivity index (χ1v) is 10.7. The minimum Gasteiger partial charge on any atom is -0.423 e. The maximum absolute atomic E-state index is 12.2. The molecule has 3 aromatic carbocycles. The molecule has 0 aliphatic heterocycles. The highest BCUT2D eigenvalue weighted by Gasteiger charge is 2.13. The number of anilines is 1. The molecule has 4 rings (SSSR count). The fourth-order valence-electron chi connectivity index (χ4n) is 3.00. The van der Waals surface area contributed by atoms with Gasteiger partial charge in [0.2, 0.25) is 5.13 Å². The molecule has 9 heteroatoms. The molecule has 33 heavy (non-hydrogen) atoms. The number of hydrogen-bond acceptors (Lipinski definition) is 8. The summed E-state index contributed by atoms with van der Waals surface area (Å²) in [4.78, 5) is 28.2. The molecule has 0 amide bonds. The molecule has 4 aromatic rings. The van der Waals surface area contributed by atoms with Gasteiger partial charge >= 0.3 is 5.97 Å². The number of aryl methyl sites for hydroxylation is 1. The molecule has 0 bridgehead atoms. The van der Waals surface area contributed by atoms with Crippen LogP contribution in [0.25, 0.3) is 11.3 Å². The Hall–Kier alpha value is -4.37. The van der Waals surface area contributed by atoms with Crippen LogP contribution in [0.3, 0.4) is 0 Å². The summed E-state index contributed by atoms with van der Waals surface area (Å²) in [7, 11) is 0. The quantitative estimate of drug-likeness (QED) is 0.125. The van der Waals surface area contributed by atoms with Crippen molar-refractivity contribution in [3.05, 3.63) is 105 Å². The predicted molar refractivity (Wildman–Crippen MR) is 128 cm³/mol. The third-order valence-electron chi connectivity index (χ3n) is 4.60. The zero-order chi connectivity index (χ0) is 23.2. The van der Waals surface area contributed by atoms with Crippen molar-refractivity contribution in [3.63, 3.8) is 0 Å². The maximum atomic E-state index is 12.2. The number of ether oxygens (including phenoxy) is 1. The molecular weight excluding hydrogens is 440 g/mol. The Morgan fingerprint density at radius 2 is 1.85 bits per heavy atom. The van der Waals surface area contributed by atoms with Crippen LogP contribution in [0, 0.1) is 17.0 Å². The van der Waals surface area contributed by atoms with Crippen LogP contribution in [0.1, 0.15) is 20.8 Å². The number of nitro groups is 1. The van der Waals surface area contributed by atoms with Gasteiger partial charge in [-0.2, -0.15) is 5.10 Å². The number of carbonyl (C=O) groups excluding carboxylic acids is 1. The van der Waals surface area contributed by atoms with Gasteiger partial charge in [-0.25, -0.2) is 9.78 Å².